The van der Waals surface area contributed by atoms with Crippen LogP contribution in [0.3, 0.4) is 0 Å². The lowest BCUT2D eigenvalue weighted by molar-refractivity contribution is -0.140. The Kier molecular flexibility index (Phi) is 4.88. The molecule has 0 spiro atoms. The second-order valence-electron chi connectivity index (χ2n) is 5.07. The molecule has 0 saturated carbocycles. The van der Waals surface area contributed by atoms with Crippen LogP contribution in [0.4, 0.5) is 0 Å². The van der Waals surface area contributed by atoms with Crippen molar-refractivity contribution < 1.29 is 14.7 Å². The van der Waals surface area contributed by atoms with Gasteiger partial charge in [-0.1, -0.05) is 31.5 Å². The SMILES string of the molecule is CCC(C)C(NC(=O)c1cccc(-n2ccnn2)c1)C(=O)O. The molecule has 1 aromatic carbocycles. The lowest BCUT2D eigenvalue weighted by Crippen LogP contribution is -2.45. The van der Waals surface area contributed by atoms with E-state index < -0.39 is 17.9 Å². The molecule has 0 bridgehead atoms. The molecule has 2 unspecified atom stereocenters. The third kappa shape index (κ3) is 3.49. The maximum Gasteiger partial charge on any atom is 0.326 e. The minimum absolute atomic E-state index is 0.153. The van der Waals surface area contributed by atoms with Gasteiger partial charge < -0.3 is 10.4 Å². The predicted octanol–water partition coefficient (Wildman–Crippen LogP) is 1.50. The van der Waals surface area contributed by atoms with Crippen LogP contribution in [0.1, 0.15) is 30.6 Å². The van der Waals surface area contributed by atoms with E-state index in [0.29, 0.717) is 17.7 Å². The summed E-state index contributed by atoms with van der Waals surface area (Å²) >= 11 is 0. The van der Waals surface area contributed by atoms with E-state index >= 15 is 0 Å². The summed E-state index contributed by atoms with van der Waals surface area (Å²) in [6, 6.07) is 5.86. The number of aliphatic carboxylic acids is 1. The molecule has 1 aromatic heterocycles. The number of rotatable bonds is 6. The van der Waals surface area contributed by atoms with Crippen LogP contribution in [0.2, 0.25) is 0 Å². The first-order valence-electron chi connectivity index (χ1n) is 7.03. The lowest BCUT2D eigenvalue weighted by atomic mass is 9.99. The second kappa shape index (κ2) is 6.84. The molecule has 1 heterocycles. The van der Waals surface area contributed by atoms with Gasteiger partial charge in [-0.3, -0.25) is 4.79 Å². The Hall–Kier alpha value is -2.70. The summed E-state index contributed by atoms with van der Waals surface area (Å²) in [5.74, 6) is -1.61. The first-order valence-corrected chi connectivity index (χ1v) is 7.03. The Bertz CT molecular complexity index is 655. The smallest absolute Gasteiger partial charge is 0.326 e. The van der Waals surface area contributed by atoms with Gasteiger partial charge in [-0.25, -0.2) is 9.48 Å². The van der Waals surface area contributed by atoms with Gasteiger partial charge in [0.15, 0.2) is 0 Å². The number of nitrogens with one attached hydrogen (secondary N) is 1. The number of benzene rings is 1. The zero-order valence-electron chi connectivity index (χ0n) is 12.4. The quantitative estimate of drug-likeness (QED) is 0.842. The van der Waals surface area contributed by atoms with Crippen molar-refractivity contribution in [2.75, 3.05) is 0 Å². The van der Waals surface area contributed by atoms with Crippen molar-refractivity contribution in [2.24, 2.45) is 5.92 Å². The first-order chi connectivity index (χ1) is 10.5. The van der Waals surface area contributed by atoms with Crippen LogP contribution < -0.4 is 5.32 Å². The van der Waals surface area contributed by atoms with E-state index in [1.807, 2.05) is 6.92 Å². The molecular weight excluding hydrogens is 284 g/mol. The van der Waals surface area contributed by atoms with Crippen LogP contribution in [0.15, 0.2) is 36.7 Å². The number of hydrogen-bond acceptors (Lipinski definition) is 4. The summed E-state index contributed by atoms with van der Waals surface area (Å²) in [6.07, 6.45) is 3.86. The van der Waals surface area contributed by atoms with Crippen LogP contribution in [-0.2, 0) is 4.79 Å². The Labute approximate surface area is 128 Å². The second-order valence-corrected chi connectivity index (χ2v) is 5.07. The van der Waals surface area contributed by atoms with Crippen molar-refractivity contribution in [3.63, 3.8) is 0 Å². The highest BCUT2D eigenvalue weighted by atomic mass is 16.4. The molecule has 1 amide bonds. The summed E-state index contributed by atoms with van der Waals surface area (Å²) in [7, 11) is 0. The maximum absolute atomic E-state index is 12.3. The number of carboxylic acid groups (broad SMARTS) is 1. The lowest BCUT2D eigenvalue weighted by Gasteiger charge is -2.20. The van der Waals surface area contributed by atoms with E-state index in [1.165, 1.54) is 10.9 Å². The normalized spacial score (nSPS) is 13.4. The molecule has 2 aromatic rings. The molecule has 22 heavy (non-hydrogen) atoms. The van der Waals surface area contributed by atoms with Crippen molar-refractivity contribution in [3.8, 4) is 5.69 Å². The fourth-order valence-corrected chi connectivity index (χ4v) is 2.04. The van der Waals surface area contributed by atoms with Crippen molar-refractivity contribution in [2.45, 2.75) is 26.3 Å². The standard InChI is InChI=1S/C15H18N4O3/c1-3-10(2)13(15(21)22)17-14(20)11-5-4-6-12(9-11)19-8-7-16-18-19/h4-10,13H,3H2,1-2H3,(H,17,20)(H,21,22). The fourth-order valence-electron chi connectivity index (χ4n) is 2.04. The number of carboxylic acids is 1. The number of aromatic nitrogens is 3. The highest BCUT2D eigenvalue weighted by Crippen LogP contribution is 2.12. The molecule has 0 aliphatic carbocycles. The minimum Gasteiger partial charge on any atom is -0.480 e. The number of amides is 1. The molecule has 0 radical (unpaired) electrons. The van der Waals surface area contributed by atoms with Crippen LogP contribution in [-0.4, -0.2) is 38.0 Å². The molecule has 7 nitrogen and oxygen atoms in total. The van der Waals surface area contributed by atoms with Crippen LogP contribution >= 0.6 is 0 Å². The highest BCUT2D eigenvalue weighted by Gasteiger charge is 2.25. The molecule has 0 aliphatic heterocycles. The van der Waals surface area contributed by atoms with E-state index in [1.54, 1.807) is 37.4 Å². The van der Waals surface area contributed by atoms with E-state index in [9.17, 15) is 14.7 Å². The maximum atomic E-state index is 12.3. The van der Waals surface area contributed by atoms with Crippen molar-refractivity contribution in [1.82, 2.24) is 20.3 Å². The average molecular weight is 302 g/mol. The van der Waals surface area contributed by atoms with Gasteiger partial charge >= 0.3 is 5.97 Å². The van der Waals surface area contributed by atoms with Crippen molar-refractivity contribution >= 4 is 11.9 Å². The number of hydrogen-bond donors (Lipinski definition) is 2. The minimum atomic E-state index is -1.03. The summed E-state index contributed by atoms with van der Waals surface area (Å²) < 4.78 is 1.53. The van der Waals surface area contributed by atoms with Gasteiger partial charge in [-0.05, 0) is 24.1 Å². The summed E-state index contributed by atoms with van der Waals surface area (Å²) in [6.45, 7) is 3.68. The average Bonchev–Trinajstić information content (AvgIpc) is 3.06. The number of nitrogens with zero attached hydrogens (tertiary/aromatic N) is 3. The molecule has 2 rings (SSSR count). The van der Waals surface area contributed by atoms with Crippen molar-refractivity contribution in [3.05, 3.63) is 42.2 Å². The molecular formula is C15H18N4O3. The van der Waals surface area contributed by atoms with E-state index in [-0.39, 0.29) is 5.92 Å². The van der Waals surface area contributed by atoms with Gasteiger partial charge in [0.25, 0.3) is 5.91 Å². The van der Waals surface area contributed by atoms with Crippen LogP contribution in [0.25, 0.3) is 5.69 Å². The summed E-state index contributed by atoms with van der Waals surface area (Å²) in [5, 5.41) is 19.4. The molecule has 0 fully saturated rings. The predicted molar refractivity (Wildman–Crippen MR) is 79.7 cm³/mol. The monoisotopic (exact) mass is 302 g/mol. The van der Waals surface area contributed by atoms with E-state index in [2.05, 4.69) is 15.6 Å². The van der Waals surface area contributed by atoms with E-state index in [0.717, 1.165) is 0 Å². The van der Waals surface area contributed by atoms with Gasteiger partial charge in [0.1, 0.15) is 6.04 Å². The largest absolute Gasteiger partial charge is 0.480 e. The Morgan fingerprint density at radius 1 is 1.41 bits per heavy atom. The zero-order valence-corrected chi connectivity index (χ0v) is 12.4. The third-order valence-electron chi connectivity index (χ3n) is 3.56. The Morgan fingerprint density at radius 2 is 2.18 bits per heavy atom. The van der Waals surface area contributed by atoms with Gasteiger partial charge in [0.2, 0.25) is 0 Å². The topological polar surface area (TPSA) is 97.1 Å². The van der Waals surface area contributed by atoms with Crippen LogP contribution in [0.5, 0.6) is 0 Å². The number of carbonyl (C=O) groups excluding carboxylic acids is 1. The van der Waals surface area contributed by atoms with Crippen LogP contribution in [0, 0.1) is 5.92 Å². The third-order valence-corrected chi connectivity index (χ3v) is 3.56. The first kappa shape index (κ1) is 15.7. The molecule has 2 N–H and O–H groups in total. The number of carbonyl (C=O) groups is 2. The molecule has 0 aliphatic rings. The van der Waals surface area contributed by atoms with E-state index in [4.69, 9.17) is 0 Å². The van der Waals surface area contributed by atoms with Gasteiger partial charge in [0.05, 0.1) is 18.1 Å². The molecule has 0 saturated heterocycles. The van der Waals surface area contributed by atoms with Gasteiger partial charge in [-0.15, -0.1) is 5.10 Å². The Balaban J connectivity index is 2.19. The molecule has 7 heteroatoms. The fraction of sp³-hybridized carbons (Fsp3) is 0.333. The Morgan fingerprint density at radius 3 is 2.77 bits per heavy atom. The molecule has 116 valence electrons. The summed E-state index contributed by atoms with van der Waals surface area (Å²) in [5.41, 5.74) is 1.06. The summed E-state index contributed by atoms with van der Waals surface area (Å²) in [4.78, 5) is 23.6. The molecule has 2 atom stereocenters. The van der Waals surface area contributed by atoms with Gasteiger partial charge in [-0.2, -0.15) is 0 Å². The highest BCUT2D eigenvalue weighted by molar-refractivity contribution is 5.97. The van der Waals surface area contributed by atoms with Crippen molar-refractivity contribution in [1.29, 1.82) is 0 Å². The van der Waals surface area contributed by atoms with Gasteiger partial charge in [0, 0.05) is 5.56 Å². The zero-order chi connectivity index (χ0) is 16.1.